The largest absolute Gasteiger partial charge is 0.327 e. The van der Waals surface area contributed by atoms with Crippen LogP contribution >= 0.6 is 0 Å². The van der Waals surface area contributed by atoms with E-state index in [2.05, 4.69) is 106 Å². The number of pyridine rings is 1. The smallest absolute Gasteiger partial charge is 0.214 e. The zero-order chi connectivity index (χ0) is 20.1. The van der Waals surface area contributed by atoms with Crippen LogP contribution in [0.3, 0.4) is 0 Å². The van der Waals surface area contributed by atoms with Crippen LogP contribution in [0.1, 0.15) is 37.6 Å². The van der Waals surface area contributed by atoms with Gasteiger partial charge in [0.05, 0.1) is 11.0 Å². The maximum atomic E-state index is 4.98. The second-order valence-corrected chi connectivity index (χ2v) is 8.61. The first-order valence-electron chi connectivity index (χ1n) is 9.82. The van der Waals surface area contributed by atoms with E-state index in [4.69, 9.17) is 4.98 Å². The van der Waals surface area contributed by atoms with Gasteiger partial charge in [-0.05, 0) is 36.1 Å². The summed E-state index contributed by atoms with van der Waals surface area (Å²) in [7, 11) is 2.11. The van der Waals surface area contributed by atoms with Crippen molar-refractivity contribution in [3.8, 4) is 17.1 Å². The molecule has 0 atom stereocenters. The molecule has 0 radical (unpaired) electrons. The highest BCUT2D eigenvalue weighted by molar-refractivity contribution is 5.81. The van der Waals surface area contributed by atoms with Gasteiger partial charge in [0, 0.05) is 43.3 Å². The SMILES string of the molecule is Cc1c(-c2nc3ccccc3n2C)cc(C(C)(C)C)cc1-[n+]1ccccc1C. The van der Waals surface area contributed by atoms with Gasteiger partial charge < -0.3 is 4.57 Å². The lowest BCUT2D eigenvalue weighted by molar-refractivity contribution is -0.603. The summed E-state index contributed by atoms with van der Waals surface area (Å²) in [6.45, 7) is 11.2. The van der Waals surface area contributed by atoms with Gasteiger partial charge >= 0.3 is 0 Å². The Labute approximate surface area is 167 Å². The predicted octanol–water partition coefficient (Wildman–Crippen LogP) is 5.43. The Morgan fingerprint density at radius 3 is 2.32 bits per heavy atom. The third kappa shape index (κ3) is 3.01. The number of aryl methyl sites for hydroxylation is 2. The third-order valence-corrected chi connectivity index (χ3v) is 5.60. The van der Waals surface area contributed by atoms with E-state index < -0.39 is 0 Å². The highest BCUT2D eigenvalue weighted by Crippen LogP contribution is 2.33. The molecule has 0 bridgehead atoms. The molecule has 4 aromatic rings. The van der Waals surface area contributed by atoms with E-state index in [1.807, 2.05) is 6.07 Å². The summed E-state index contributed by atoms with van der Waals surface area (Å²) in [5, 5.41) is 0. The number of hydrogen-bond acceptors (Lipinski definition) is 1. The summed E-state index contributed by atoms with van der Waals surface area (Å²) >= 11 is 0. The summed E-state index contributed by atoms with van der Waals surface area (Å²) in [6, 6.07) is 19.3. The van der Waals surface area contributed by atoms with Gasteiger partial charge in [0.15, 0.2) is 11.9 Å². The molecule has 0 aliphatic rings. The third-order valence-electron chi connectivity index (χ3n) is 5.60. The van der Waals surface area contributed by atoms with Crippen molar-refractivity contribution in [2.24, 2.45) is 7.05 Å². The summed E-state index contributed by atoms with van der Waals surface area (Å²) < 4.78 is 4.48. The molecule has 2 heterocycles. The Kier molecular flexibility index (Phi) is 4.34. The standard InChI is InChI=1S/C25H28N3/c1-17-11-9-10-14-28(17)23-16-19(25(3,4)5)15-20(18(23)2)24-26-21-12-7-8-13-22(21)27(24)6/h7-16H,1-6H3/q+1. The number of para-hydroxylation sites is 2. The van der Waals surface area contributed by atoms with Crippen molar-refractivity contribution >= 4 is 11.0 Å². The average Bonchev–Trinajstić information content (AvgIpc) is 2.99. The molecule has 3 nitrogen and oxygen atoms in total. The van der Waals surface area contributed by atoms with Crippen LogP contribution < -0.4 is 4.57 Å². The van der Waals surface area contributed by atoms with Crippen LogP contribution in [-0.4, -0.2) is 9.55 Å². The number of benzene rings is 2. The lowest BCUT2D eigenvalue weighted by Gasteiger charge is -2.21. The molecular formula is C25H28N3+. The molecule has 0 unspecified atom stereocenters. The van der Waals surface area contributed by atoms with Gasteiger partial charge in [0.2, 0.25) is 5.69 Å². The molecule has 2 aromatic carbocycles. The number of rotatable bonds is 2. The predicted molar refractivity (Wildman–Crippen MR) is 116 cm³/mol. The molecule has 0 spiro atoms. The van der Waals surface area contributed by atoms with Gasteiger partial charge in [-0.1, -0.05) is 39.0 Å². The zero-order valence-corrected chi connectivity index (χ0v) is 17.6. The van der Waals surface area contributed by atoms with Crippen LogP contribution in [0.25, 0.3) is 28.1 Å². The van der Waals surface area contributed by atoms with Crippen molar-refractivity contribution in [2.45, 2.75) is 40.0 Å². The fraction of sp³-hybridized carbons (Fsp3) is 0.280. The molecule has 0 N–H and O–H groups in total. The summed E-state index contributed by atoms with van der Waals surface area (Å²) in [4.78, 5) is 4.98. The number of nitrogens with zero attached hydrogens (tertiary/aromatic N) is 3. The minimum Gasteiger partial charge on any atom is -0.327 e. The minimum atomic E-state index is 0.0467. The van der Waals surface area contributed by atoms with Crippen LogP contribution in [0.5, 0.6) is 0 Å². The van der Waals surface area contributed by atoms with Crippen LogP contribution in [0, 0.1) is 13.8 Å². The first-order valence-corrected chi connectivity index (χ1v) is 9.82. The molecule has 28 heavy (non-hydrogen) atoms. The highest BCUT2D eigenvalue weighted by Gasteiger charge is 2.25. The fourth-order valence-corrected chi connectivity index (χ4v) is 3.80. The maximum Gasteiger partial charge on any atom is 0.214 e. The van der Waals surface area contributed by atoms with Gasteiger partial charge in [-0.3, -0.25) is 0 Å². The normalized spacial score (nSPS) is 11.9. The van der Waals surface area contributed by atoms with Crippen LogP contribution in [0.2, 0.25) is 0 Å². The molecule has 3 heteroatoms. The lowest BCUT2D eigenvalue weighted by Crippen LogP contribution is -2.35. The van der Waals surface area contributed by atoms with Gasteiger partial charge in [-0.25, -0.2) is 4.98 Å². The van der Waals surface area contributed by atoms with E-state index in [1.54, 1.807) is 0 Å². The van der Waals surface area contributed by atoms with Crippen molar-refractivity contribution in [1.82, 2.24) is 9.55 Å². The van der Waals surface area contributed by atoms with Crippen molar-refractivity contribution in [2.75, 3.05) is 0 Å². The zero-order valence-electron chi connectivity index (χ0n) is 17.6. The van der Waals surface area contributed by atoms with Crippen molar-refractivity contribution in [3.63, 3.8) is 0 Å². The molecule has 0 saturated carbocycles. The molecule has 0 fully saturated rings. The maximum absolute atomic E-state index is 4.98. The van der Waals surface area contributed by atoms with Crippen LogP contribution in [-0.2, 0) is 12.5 Å². The monoisotopic (exact) mass is 370 g/mol. The first-order chi connectivity index (χ1) is 13.3. The fourth-order valence-electron chi connectivity index (χ4n) is 3.80. The molecule has 142 valence electrons. The van der Waals surface area contributed by atoms with Gasteiger partial charge in [0.1, 0.15) is 5.82 Å². The number of aromatic nitrogens is 3. The molecule has 4 rings (SSSR count). The second-order valence-electron chi connectivity index (χ2n) is 8.61. The Balaban J connectivity index is 2.05. The van der Waals surface area contributed by atoms with E-state index in [0.717, 1.165) is 16.9 Å². The summed E-state index contributed by atoms with van der Waals surface area (Å²) in [5.41, 5.74) is 8.41. The first kappa shape index (κ1) is 18.4. The quantitative estimate of drug-likeness (QED) is 0.431. The Bertz CT molecular complexity index is 1180. The minimum absolute atomic E-state index is 0.0467. The van der Waals surface area contributed by atoms with E-state index in [-0.39, 0.29) is 5.41 Å². The summed E-state index contributed by atoms with van der Waals surface area (Å²) in [5.74, 6) is 1.01. The molecule has 0 aliphatic heterocycles. The molecule has 0 saturated heterocycles. The molecular weight excluding hydrogens is 342 g/mol. The van der Waals surface area contributed by atoms with Crippen molar-refractivity contribution in [3.05, 3.63) is 77.6 Å². The Morgan fingerprint density at radius 1 is 0.929 bits per heavy atom. The topological polar surface area (TPSA) is 21.7 Å². The van der Waals surface area contributed by atoms with Crippen LogP contribution in [0.15, 0.2) is 60.8 Å². The lowest BCUT2D eigenvalue weighted by atomic mass is 9.84. The Hall–Kier alpha value is -2.94. The molecule has 0 amide bonds. The van der Waals surface area contributed by atoms with Gasteiger partial charge in [-0.15, -0.1) is 0 Å². The van der Waals surface area contributed by atoms with Crippen molar-refractivity contribution < 1.29 is 4.57 Å². The second kappa shape index (κ2) is 6.59. The van der Waals surface area contributed by atoms with E-state index in [0.29, 0.717) is 0 Å². The molecule has 2 aromatic heterocycles. The van der Waals surface area contributed by atoms with Gasteiger partial charge in [-0.2, -0.15) is 4.57 Å². The van der Waals surface area contributed by atoms with Gasteiger partial charge in [0.25, 0.3) is 0 Å². The molecule has 0 aliphatic carbocycles. The average molecular weight is 371 g/mol. The van der Waals surface area contributed by atoms with Crippen LogP contribution in [0.4, 0.5) is 0 Å². The van der Waals surface area contributed by atoms with Crippen molar-refractivity contribution in [1.29, 1.82) is 0 Å². The van der Waals surface area contributed by atoms with E-state index in [1.165, 1.54) is 28.1 Å². The highest BCUT2D eigenvalue weighted by atomic mass is 15.1. The number of hydrogen-bond donors (Lipinski definition) is 0. The van der Waals surface area contributed by atoms with E-state index in [9.17, 15) is 0 Å². The number of imidazole rings is 1. The Morgan fingerprint density at radius 2 is 1.64 bits per heavy atom. The van der Waals surface area contributed by atoms with E-state index >= 15 is 0 Å². The number of fused-ring (bicyclic) bond motifs is 1. The summed E-state index contributed by atoms with van der Waals surface area (Å²) in [6.07, 6.45) is 2.14.